The number of benzene rings is 1. The first-order chi connectivity index (χ1) is 9.15. The largest absolute Gasteiger partial charge is 0.319 e. The van der Waals surface area contributed by atoms with Crippen LogP contribution in [0.2, 0.25) is 0 Å². The molecule has 1 aromatic rings. The van der Waals surface area contributed by atoms with Gasteiger partial charge in [-0.15, -0.1) is 0 Å². The SMILES string of the molecule is CCC1CCC(CNC)C(c2cc(Br)ccc2F)C1. The first-order valence-corrected chi connectivity index (χ1v) is 8.04. The summed E-state index contributed by atoms with van der Waals surface area (Å²) in [4.78, 5) is 0. The van der Waals surface area contributed by atoms with Crippen molar-refractivity contribution in [3.8, 4) is 0 Å². The molecule has 1 N–H and O–H groups in total. The van der Waals surface area contributed by atoms with Crippen LogP contribution >= 0.6 is 15.9 Å². The maximum atomic E-state index is 14.2. The average Bonchev–Trinajstić information content (AvgIpc) is 2.42. The molecule has 3 heteroatoms. The first kappa shape index (κ1) is 15.0. The van der Waals surface area contributed by atoms with Crippen molar-refractivity contribution in [3.05, 3.63) is 34.1 Å². The molecule has 2 rings (SSSR count). The van der Waals surface area contributed by atoms with Crippen molar-refractivity contribution in [2.24, 2.45) is 11.8 Å². The molecule has 0 spiro atoms. The second-order valence-electron chi connectivity index (χ2n) is 5.68. The molecule has 1 aromatic carbocycles. The molecule has 0 aliphatic heterocycles. The van der Waals surface area contributed by atoms with Crippen LogP contribution < -0.4 is 5.32 Å². The summed E-state index contributed by atoms with van der Waals surface area (Å²) in [6.45, 7) is 3.23. The van der Waals surface area contributed by atoms with Crippen LogP contribution in [0.4, 0.5) is 4.39 Å². The molecular formula is C16H23BrFN. The van der Waals surface area contributed by atoms with Crippen LogP contribution in [0.15, 0.2) is 22.7 Å². The van der Waals surface area contributed by atoms with Crippen molar-refractivity contribution in [3.63, 3.8) is 0 Å². The minimum atomic E-state index is -0.0499. The molecule has 1 saturated carbocycles. The van der Waals surface area contributed by atoms with Crippen molar-refractivity contribution in [1.82, 2.24) is 5.32 Å². The van der Waals surface area contributed by atoms with E-state index in [2.05, 4.69) is 28.2 Å². The van der Waals surface area contributed by atoms with Crippen LogP contribution in [0, 0.1) is 17.7 Å². The summed E-state index contributed by atoms with van der Waals surface area (Å²) in [7, 11) is 1.99. The van der Waals surface area contributed by atoms with Gasteiger partial charge in [0.25, 0.3) is 0 Å². The van der Waals surface area contributed by atoms with Gasteiger partial charge in [-0.2, -0.15) is 0 Å². The Labute approximate surface area is 124 Å². The van der Waals surface area contributed by atoms with Crippen molar-refractivity contribution >= 4 is 15.9 Å². The lowest BCUT2D eigenvalue weighted by molar-refractivity contribution is 0.225. The molecule has 0 amide bonds. The average molecular weight is 328 g/mol. The summed E-state index contributed by atoms with van der Waals surface area (Å²) < 4.78 is 15.1. The minimum Gasteiger partial charge on any atom is -0.319 e. The number of halogens is 2. The molecule has 0 saturated heterocycles. The van der Waals surface area contributed by atoms with Gasteiger partial charge in [-0.25, -0.2) is 4.39 Å². The smallest absolute Gasteiger partial charge is 0.126 e. The van der Waals surface area contributed by atoms with Crippen molar-refractivity contribution in [2.45, 2.75) is 38.5 Å². The van der Waals surface area contributed by atoms with Gasteiger partial charge in [0.1, 0.15) is 5.82 Å². The van der Waals surface area contributed by atoms with Gasteiger partial charge < -0.3 is 5.32 Å². The fraction of sp³-hybridized carbons (Fsp3) is 0.625. The van der Waals surface area contributed by atoms with E-state index in [4.69, 9.17) is 0 Å². The number of hydrogen-bond acceptors (Lipinski definition) is 1. The zero-order valence-corrected chi connectivity index (χ0v) is 13.3. The molecule has 3 unspecified atom stereocenters. The molecule has 3 atom stereocenters. The summed E-state index contributed by atoms with van der Waals surface area (Å²) in [5.41, 5.74) is 0.896. The van der Waals surface area contributed by atoms with E-state index in [0.29, 0.717) is 11.8 Å². The van der Waals surface area contributed by atoms with Crippen molar-refractivity contribution < 1.29 is 4.39 Å². The monoisotopic (exact) mass is 327 g/mol. The highest BCUT2D eigenvalue weighted by molar-refractivity contribution is 9.10. The predicted octanol–water partition coefficient (Wildman–Crippen LogP) is 4.72. The van der Waals surface area contributed by atoms with Gasteiger partial charge in [-0.05, 0) is 68.0 Å². The molecule has 1 fully saturated rings. The van der Waals surface area contributed by atoms with E-state index < -0.39 is 0 Å². The molecule has 0 bridgehead atoms. The Morgan fingerprint density at radius 2 is 2.16 bits per heavy atom. The molecule has 1 aliphatic carbocycles. The Morgan fingerprint density at radius 3 is 2.84 bits per heavy atom. The lowest BCUT2D eigenvalue weighted by atomic mass is 9.70. The fourth-order valence-electron chi connectivity index (χ4n) is 3.38. The Hall–Kier alpha value is -0.410. The van der Waals surface area contributed by atoms with Gasteiger partial charge in [0.2, 0.25) is 0 Å². The van der Waals surface area contributed by atoms with E-state index in [1.54, 1.807) is 12.1 Å². The lowest BCUT2D eigenvalue weighted by Gasteiger charge is -2.36. The summed E-state index contributed by atoms with van der Waals surface area (Å²) in [6.07, 6.45) is 4.82. The van der Waals surface area contributed by atoms with Crippen molar-refractivity contribution in [2.75, 3.05) is 13.6 Å². The Balaban J connectivity index is 2.27. The van der Waals surface area contributed by atoms with Gasteiger partial charge in [0, 0.05) is 4.47 Å². The first-order valence-electron chi connectivity index (χ1n) is 7.25. The third-order valence-corrected chi connectivity index (χ3v) is 5.00. The zero-order chi connectivity index (χ0) is 13.8. The fourth-order valence-corrected chi connectivity index (χ4v) is 3.76. The third kappa shape index (κ3) is 3.57. The standard InChI is InChI=1S/C16H23BrFN/c1-3-11-4-5-12(10-19-2)14(8-11)15-9-13(17)6-7-16(15)18/h6-7,9,11-12,14,19H,3-5,8,10H2,1-2H3. The molecule has 1 aliphatic rings. The van der Waals surface area contributed by atoms with E-state index in [-0.39, 0.29) is 5.82 Å². The summed E-state index contributed by atoms with van der Waals surface area (Å²) >= 11 is 3.47. The number of rotatable bonds is 4. The molecule has 106 valence electrons. The van der Waals surface area contributed by atoms with Gasteiger partial charge in [-0.3, -0.25) is 0 Å². The van der Waals surface area contributed by atoms with E-state index in [1.807, 2.05) is 13.1 Å². The van der Waals surface area contributed by atoms with E-state index >= 15 is 0 Å². The highest BCUT2D eigenvalue weighted by Gasteiger charge is 2.32. The zero-order valence-electron chi connectivity index (χ0n) is 11.8. The molecule has 1 nitrogen and oxygen atoms in total. The van der Waals surface area contributed by atoms with Gasteiger partial charge >= 0.3 is 0 Å². The van der Waals surface area contributed by atoms with E-state index in [0.717, 1.165) is 28.9 Å². The second-order valence-corrected chi connectivity index (χ2v) is 6.59. The molecule has 19 heavy (non-hydrogen) atoms. The van der Waals surface area contributed by atoms with Crippen LogP contribution in [0.3, 0.4) is 0 Å². The molecule has 0 aromatic heterocycles. The van der Waals surface area contributed by atoms with E-state index in [1.165, 1.54) is 19.3 Å². The maximum Gasteiger partial charge on any atom is 0.126 e. The van der Waals surface area contributed by atoms with Crippen LogP contribution in [0.25, 0.3) is 0 Å². The number of hydrogen-bond donors (Lipinski definition) is 1. The summed E-state index contributed by atoms with van der Waals surface area (Å²) in [6, 6.07) is 5.35. The quantitative estimate of drug-likeness (QED) is 0.843. The summed E-state index contributed by atoms with van der Waals surface area (Å²) in [5, 5.41) is 3.27. The van der Waals surface area contributed by atoms with Gasteiger partial charge in [-0.1, -0.05) is 35.7 Å². The van der Waals surface area contributed by atoms with Gasteiger partial charge in [0.15, 0.2) is 0 Å². The predicted molar refractivity (Wildman–Crippen MR) is 81.9 cm³/mol. The Morgan fingerprint density at radius 1 is 1.37 bits per heavy atom. The molecular weight excluding hydrogens is 305 g/mol. The summed E-state index contributed by atoms with van der Waals surface area (Å²) in [5.74, 6) is 1.60. The van der Waals surface area contributed by atoms with Crippen LogP contribution in [-0.4, -0.2) is 13.6 Å². The van der Waals surface area contributed by atoms with E-state index in [9.17, 15) is 4.39 Å². The molecule has 0 radical (unpaired) electrons. The topological polar surface area (TPSA) is 12.0 Å². The minimum absolute atomic E-state index is 0.0499. The lowest BCUT2D eigenvalue weighted by Crippen LogP contribution is -2.31. The normalized spacial score (nSPS) is 27.5. The van der Waals surface area contributed by atoms with Crippen LogP contribution in [0.1, 0.15) is 44.1 Å². The van der Waals surface area contributed by atoms with Crippen molar-refractivity contribution in [1.29, 1.82) is 0 Å². The molecule has 0 heterocycles. The Bertz CT molecular complexity index is 421. The van der Waals surface area contributed by atoms with Gasteiger partial charge in [0.05, 0.1) is 0 Å². The highest BCUT2D eigenvalue weighted by atomic mass is 79.9. The number of nitrogens with one attached hydrogen (secondary N) is 1. The third-order valence-electron chi connectivity index (χ3n) is 4.50. The van der Waals surface area contributed by atoms with Crippen LogP contribution in [0.5, 0.6) is 0 Å². The van der Waals surface area contributed by atoms with Crippen LogP contribution in [-0.2, 0) is 0 Å². The second kappa shape index (κ2) is 6.85. The maximum absolute atomic E-state index is 14.2. The Kier molecular flexibility index (Phi) is 5.40. The highest BCUT2D eigenvalue weighted by Crippen LogP contribution is 2.42.